The number of aromatic nitrogens is 2. The normalized spacial score (nSPS) is 15.1. The van der Waals surface area contributed by atoms with Crippen molar-refractivity contribution >= 4 is 23.5 Å². The van der Waals surface area contributed by atoms with E-state index in [0.29, 0.717) is 22.0 Å². The SMILES string of the molecule is COc1cc([C@@H]2CC(=O)Nc3nc(SCc4ccc(C)cc4)[nH]c(=O)c32)cc(OC)c1O. The second-order valence-corrected chi connectivity index (χ2v) is 8.45. The number of fused-ring (bicyclic) bond motifs is 1. The van der Waals surface area contributed by atoms with E-state index in [1.165, 1.54) is 31.5 Å². The molecular weight excluding hydrogens is 430 g/mol. The molecule has 3 aromatic rings. The van der Waals surface area contributed by atoms with Crippen LogP contribution < -0.4 is 20.3 Å². The molecule has 0 radical (unpaired) electrons. The van der Waals surface area contributed by atoms with Gasteiger partial charge in [-0.25, -0.2) is 4.98 Å². The van der Waals surface area contributed by atoms with Crippen molar-refractivity contribution in [3.05, 3.63) is 69.0 Å². The van der Waals surface area contributed by atoms with E-state index < -0.39 is 5.92 Å². The number of aryl methyl sites for hydroxylation is 1. The Bertz CT molecular complexity index is 1200. The maximum absolute atomic E-state index is 13.0. The molecule has 1 atom stereocenters. The van der Waals surface area contributed by atoms with E-state index in [1.807, 2.05) is 31.2 Å². The fourth-order valence-corrected chi connectivity index (χ4v) is 4.47. The molecule has 32 heavy (non-hydrogen) atoms. The largest absolute Gasteiger partial charge is 0.502 e. The molecule has 0 bridgehead atoms. The number of carbonyl (C=O) groups is 1. The minimum Gasteiger partial charge on any atom is -0.502 e. The fraction of sp³-hybridized carbons (Fsp3) is 0.261. The number of nitrogens with zero attached hydrogens (tertiary/aromatic N) is 1. The highest BCUT2D eigenvalue weighted by Crippen LogP contribution is 2.43. The van der Waals surface area contributed by atoms with Gasteiger partial charge < -0.3 is 24.9 Å². The topological polar surface area (TPSA) is 114 Å². The Kier molecular flexibility index (Phi) is 6.09. The van der Waals surface area contributed by atoms with Gasteiger partial charge in [-0.1, -0.05) is 41.6 Å². The summed E-state index contributed by atoms with van der Waals surface area (Å²) >= 11 is 1.39. The van der Waals surface area contributed by atoms with Crippen molar-refractivity contribution in [3.8, 4) is 17.2 Å². The van der Waals surface area contributed by atoms with E-state index in [-0.39, 0.29) is 41.0 Å². The van der Waals surface area contributed by atoms with Gasteiger partial charge in [-0.15, -0.1) is 0 Å². The molecule has 1 aromatic heterocycles. The van der Waals surface area contributed by atoms with E-state index in [9.17, 15) is 14.7 Å². The van der Waals surface area contributed by atoms with Gasteiger partial charge in [0.1, 0.15) is 5.82 Å². The van der Waals surface area contributed by atoms with Gasteiger partial charge in [0.25, 0.3) is 5.56 Å². The van der Waals surface area contributed by atoms with Gasteiger partial charge in [0, 0.05) is 18.1 Å². The lowest BCUT2D eigenvalue weighted by Gasteiger charge is -2.25. The molecule has 1 aliphatic rings. The summed E-state index contributed by atoms with van der Waals surface area (Å²) in [5.74, 6) is 0.311. The van der Waals surface area contributed by atoms with E-state index in [1.54, 1.807) is 12.1 Å². The summed E-state index contributed by atoms with van der Waals surface area (Å²) in [4.78, 5) is 32.8. The Morgan fingerprint density at radius 2 is 1.78 bits per heavy atom. The van der Waals surface area contributed by atoms with Crippen LogP contribution in [0.3, 0.4) is 0 Å². The second kappa shape index (κ2) is 8.96. The average molecular weight is 454 g/mol. The lowest BCUT2D eigenvalue weighted by atomic mass is 9.86. The van der Waals surface area contributed by atoms with Crippen LogP contribution in [0.15, 0.2) is 46.3 Å². The van der Waals surface area contributed by atoms with Crippen LogP contribution in [0.2, 0.25) is 0 Å². The summed E-state index contributed by atoms with van der Waals surface area (Å²) in [7, 11) is 2.84. The third kappa shape index (κ3) is 4.29. The van der Waals surface area contributed by atoms with Crippen LogP contribution >= 0.6 is 11.8 Å². The minimum absolute atomic E-state index is 0.0602. The summed E-state index contributed by atoms with van der Waals surface area (Å²) in [6.45, 7) is 2.03. The summed E-state index contributed by atoms with van der Waals surface area (Å²) in [6, 6.07) is 11.3. The monoisotopic (exact) mass is 453 g/mol. The Morgan fingerprint density at radius 1 is 1.12 bits per heavy atom. The maximum Gasteiger partial charge on any atom is 0.257 e. The highest BCUT2D eigenvalue weighted by atomic mass is 32.2. The van der Waals surface area contributed by atoms with E-state index in [4.69, 9.17) is 9.47 Å². The third-order valence-corrected chi connectivity index (χ3v) is 6.27. The first-order valence-corrected chi connectivity index (χ1v) is 11.0. The number of thioether (sulfide) groups is 1. The zero-order chi connectivity index (χ0) is 22.8. The molecule has 0 unspecified atom stereocenters. The van der Waals surface area contributed by atoms with Crippen LogP contribution in [0, 0.1) is 6.92 Å². The first-order chi connectivity index (χ1) is 15.4. The Morgan fingerprint density at radius 3 is 2.41 bits per heavy atom. The van der Waals surface area contributed by atoms with Crippen molar-refractivity contribution in [2.45, 2.75) is 30.2 Å². The number of phenols is 1. The number of benzene rings is 2. The van der Waals surface area contributed by atoms with Crippen LogP contribution in [0.1, 0.15) is 34.6 Å². The molecule has 0 fully saturated rings. The van der Waals surface area contributed by atoms with Crippen molar-refractivity contribution in [1.82, 2.24) is 9.97 Å². The van der Waals surface area contributed by atoms with Gasteiger partial charge >= 0.3 is 0 Å². The predicted octanol–water partition coefficient (Wildman–Crippen LogP) is 3.57. The number of anilines is 1. The third-order valence-electron chi connectivity index (χ3n) is 5.33. The molecule has 166 valence electrons. The number of hydrogen-bond acceptors (Lipinski definition) is 7. The summed E-state index contributed by atoms with van der Waals surface area (Å²) in [5, 5.41) is 13.4. The fourth-order valence-electron chi connectivity index (χ4n) is 3.65. The molecule has 8 nitrogen and oxygen atoms in total. The van der Waals surface area contributed by atoms with Gasteiger partial charge in [0.05, 0.1) is 19.8 Å². The van der Waals surface area contributed by atoms with Crippen LogP contribution in [0.4, 0.5) is 5.82 Å². The number of methoxy groups -OCH3 is 2. The smallest absolute Gasteiger partial charge is 0.257 e. The first-order valence-electron chi connectivity index (χ1n) is 9.97. The Hall–Kier alpha value is -3.46. The lowest BCUT2D eigenvalue weighted by Crippen LogP contribution is -2.31. The Balaban J connectivity index is 1.69. The average Bonchev–Trinajstić information content (AvgIpc) is 2.78. The molecule has 1 aliphatic heterocycles. The molecule has 1 amide bonds. The Labute approximate surface area is 189 Å². The van der Waals surface area contributed by atoms with Crippen LogP contribution in [-0.2, 0) is 10.5 Å². The highest BCUT2D eigenvalue weighted by molar-refractivity contribution is 7.98. The second-order valence-electron chi connectivity index (χ2n) is 7.49. The molecule has 9 heteroatoms. The number of ether oxygens (including phenoxy) is 2. The molecule has 0 aliphatic carbocycles. The van der Waals surface area contributed by atoms with Crippen molar-refractivity contribution in [2.24, 2.45) is 0 Å². The summed E-state index contributed by atoms with van der Waals surface area (Å²) < 4.78 is 10.5. The number of phenolic OH excluding ortho intramolecular Hbond substituents is 1. The number of H-pyrrole nitrogens is 1. The number of amides is 1. The molecule has 0 saturated heterocycles. The quantitative estimate of drug-likeness (QED) is 0.386. The molecule has 4 rings (SSSR count). The zero-order valence-corrected chi connectivity index (χ0v) is 18.7. The summed E-state index contributed by atoms with van der Waals surface area (Å²) in [5.41, 5.74) is 2.93. The number of aromatic amines is 1. The number of aromatic hydroxyl groups is 1. The van der Waals surface area contributed by atoms with Crippen LogP contribution in [0.25, 0.3) is 0 Å². The van der Waals surface area contributed by atoms with Gasteiger partial charge in [-0.05, 0) is 30.2 Å². The number of nitrogens with one attached hydrogen (secondary N) is 2. The van der Waals surface area contributed by atoms with Crippen molar-refractivity contribution in [1.29, 1.82) is 0 Å². The van der Waals surface area contributed by atoms with Crippen LogP contribution in [0.5, 0.6) is 17.2 Å². The standard InChI is InChI=1S/C23H23N3O5S/c1-12-4-6-13(7-5-12)11-32-23-25-21-19(22(29)26-23)15(10-18(27)24-21)14-8-16(30-2)20(28)17(9-14)31-3/h4-9,15,28H,10-11H2,1-3H3,(H2,24,25,26,27,29)/t15-/m0/s1. The van der Waals surface area contributed by atoms with E-state index in [2.05, 4.69) is 15.3 Å². The van der Waals surface area contributed by atoms with E-state index in [0.717, 1.165) is 5.56 Å². The predicted molar refractivity (Wildman–Crippen MR) is 122 cm³/mol. The molecule has 0 saturated carbocycles. The molecule has 3 N–H and O–H groups in total. The lowest BCUT2D eigenvalue weighted by molar-refractivity contribution is -0.116. The number of hydrogen-bond donors (Lipinski definition) is 3. The number of rotatable bonds is 6. The first kappa shape index (κ1) is 21.8. The van der Waals surface area contributed by atoms with Crippen molar-refractivity contribution in [3.63, 3.8) is 0 Å². The highest BCUT2D eigenvalue weighted by Gasteiger charge is 2.32. The van der Waals surface area contributed by atoms with Gasteiger partial charge in [-0.3, -0.25) is 9.59 Å². The molecule has 2 aromatic carbocycles. The van der Waals surface area contributed by atoms with Crippen molar-refractivity contribution in [2.75, 3.05) is 19.5 Å². The van der Waals surface area contributed by atoms with E-state index >= 15 is 0 Å². The molecule has 0 spiro atoms. The summed E-state index contributed by atoms with van der Waals surface area (Å²) in [6.07, 6.45) is 0.0602. The van der Waals surface area contributed by atoms with Crippen LogP contribution in [-0.4, -0.2) is 35.2 Å². The van der Waals surface area contributed by atoms with Gasteiger partial charge in [-0.2, -0.15) is 0 Å². The minimum atomic E-state index is -0.561. The molecular formula is C23H23N3O5S. The van der Waals surface area contributed by atoms with Crippen molar-refractivity contribution < 1.29 is 19.4 Å². The maximum atomic E-state index is 13.0. The molecule has 2 heterocycles. The number of carbonyl (C=O) groups excluding carboxylic acids is 1. The zero-order valence-electron chi connectivity index (χ0n) is 17.9. The van der Waals surface area contributed by atoms with Gasteiger partial charge in [0.15, 0.2) is 16.7 Å². The van der Waals surface area contributed by atoms with Gasteiger partial charge in [0.2, 0.25) is 11.7 Å².